The first kappa shape index (κ1) is 17.9. The average molecular weight is 363 g/mol. The minimum Gasteiger partial charge on any atom is -0.326 e. The molecule has 23 heavy (non-hydrogen) atoms. The first-order valence-electron chi connectivity index (χ1n) is 7.25. The van der Waals surface area contributed by atoms with Crippen molar-refractivity contribution in [3.8, 4) is 0 Å². The van der Waals surface area contributed by atoms with Gasteiger partial charge in [-0.15, -0.1) is 3.89 Å². The Kier molecular flexibility index (Phi) is 5.41. The van der Waals surface area contributed by atoms with E-state index in [4.69, 9.17) is 0 Å². The van der Waals surface area contributed by atoms with E-state index in [2.05, 4.69) is 5.32 Å². The normalized spacial score (nSPS) is 16.4. The fourth-order valence-corrected chi connectivity index (χ4v) is 4.89. The predicted octanol–water partition coefficient (Wildman–Crippen LogP) is 2.03. The molecule has 1 aliphatic carbocycles. The quantitative estimate of drug-likeness (QED) is 0.780. The van der Waals surface area contributed by atoms with Gasteiger partial charge in [0, 0.05) is 12.1 Å². The third-order valence-corrected chi connectivity index (χ3v) is 6.94. The number of carbonyl (C=O) groups excluding carboxylic acids is 1. The smallest absolute Gasteiger partial charge is 0.326 e. The van der Waals surface area contributed by atoms with Crippen molar-refractivity contribution in [2.24, 2.45) is 0 Å². The van der Waals surface area contributed by atoms with Gasteiger partial charge < -0.3 is 5.32 Å². The van der Waals surface area contributed by atoms with Gasteiger partial charge in [0.25, 0.3) is 0 Å². The van der Waals surface area contributed by atoms with Gasteiger partial charge in [-0.1, -0.05) is 12.8 Å². The van der Waals surface area contributed by atoms with Crippen molar-refractivity contribution < 1.29 is 25.5 Å². The van der Waals surface area contributed by atoms with E-state index in [0.29, 0.717) is 12.8 Å². The molecule has 1 aromatic carbocycles. The number of sulfone groups is 1. The summed E-state index contributed by atoms with van der Waals surface area (Å²) in [5.41, 5.74) is 0.278. The van der Waals surface area contributed by atoms with E-state index in [1.807, 2.05) is 0 Å². The lowest BCUT2D eigenvalue weighted by Crippen LogP contribution is -2.24. The highest BCUT2D eigenvalue weighted by Crippen LogP contribution is 2.25. The van der Waals surface area contributed by atoms with Crippen LogP contribution in [0.25, 0.3) is 0 Å². The molecular weight excluding hydrogens is 345 g/mol. The molecule has 6 nitrogen and oxygen atoms in total. The minimum atomic E-state index is -4.78. The maximum Gasteiger partial charge on any atom is 0.332 e. The van der Waals surface area contributed by atoms with Gasteiger partial charge in [-0.05, 0) is 37.1 Å². The molecule has 1 amide bonds. The summed E-state index contributed by atoms with van der Waals surface area (Å²) in [5, 5.41) is 2.12. The number of hydrogen-bond donors (Lipinski definition) is 1. The van der Waals surface area contributed by atoms with Crippen LogP contribution in [-0.2, 0) is 24.9 Å². The van der Waals surface area contributed by atoms with Crippen molar-refractivity contribution in [1.82, 2.24) is 0 Å². The van der Waals surface area contributed by atoms with Crippen molar-refractivity contribution in [3.63, 3.8) is 0 Å². The molecule has 0 unspecified atom stereocenters. The molecule has 1 aliphatic rings. The Hall–Kier alpha value is -1.48. The first-order valence-corrected chi connectivity index (χ1v) is 10.3. The van der Waals surface area contributed by atoms with Crippen LogP contribution in [0.5, 0.6) is 0 Å². The zero-order valence-corrected chi connectivity index (χ0v) is 14.0. The van der Waals surface area contributed by atoms with Crippen molar-refractivity contribution in [2.45, 2.75) is 42.2 Å². The summed E-state index contributed by atoms with van der Waals surface area (Å²) in [6.45, 7) is 0. The van der Waals surface area contributed by atoms with E-state index in [1.54, 1.807) is 0 Å². The van der Waals surface area contributed by atoms with Crippen LogP contribution < -0.4 is 5.32 Å². The molecule has 0 aliphatic heterocycles. The summed E-state index contributed by atoms with van der Waals surface area (Å²) in [6, 6.07) is 4.55. The molecule has 1 saturated carbocycles. The van der Waals surface area contributed by atoms with Gasteiger partial charge in [-0.25, -0.2) is 8.42 Å². The topological polar surface area (TPSA) is 97.4 Å². The number of rotatable bonds is 6. The molecule has 0 spiro atoms. The van der Waals surface area contributed by atoms with Gasteiger partial charge in [-0.3, -0.25) is 4.79 Å². The number of benzene rings is 1. The van der Waals surface area contributed by atoms with Gasteiger partial charge in [0.15, 0.2) is 9.84 Å². The van der Waals surface area contributed by atoms with Crippen molar-refractivity contribution >= 4 is 31.7 Å². The Labute approximate surface area is 135 Å². The predicted molar refractivity (Wildman–Crippen MR) is 84.0 cm³/mol. The van der Waals surface area contributed by atoms with Crippen molar-refractivity contribution in [1.29, 1.82) is 0 Å². The van der Waals surface area contributed by atoms with Gasteiger partial charge in [0.05, 0.1) is 15.9 Å². The SMILES string of the molecule is O=C(CCS(=O)(=O)C1CCCC1)Nc1ccc(S(=O)(=O)F)cc1. The van der Waals surface area contributed by atoms with E-state index in [1.165, 1.54) is 12.1 Å². The number of hydrogen-bond acceptors (Lipinski definition) is 5. The number of nitrogens with one attached hydrogen (secondary N) is 1. The molecule has 0 saturated heterocycles. The molecule has 0 radical (unpaired) electrons. The zero-order chi connectivity index (χ0) is 17.1. The summed E-state index contributed by atoms with van der Waals surface area (Å²) in [5.74, 6) is -0.692. The maximum atomic E-state index is 12.7. The number of anilines is 1. The van der Waals surface area contributed by atoms with Gasteiger partial charge in [0.1, 0.15) is 0 Å². The van der Waals surface area contributed by atoms with E-state index in [-0.39, 0.29) is 23.1 Å². The van der Waals surface area contributed by atoms with Crippen LogP contribution in [0, 0.1) is 0 Å². The Morgan fingerprint density at radius 3 is 2.17 bits per heavy atom. The highest BCUT2D eigenvalue weighted by molar-refractivity contribution is 7.92. The second kappa shape index (κ2) is 6.96. The fraction of sp³-hybridized carbons (Fsp3) is 0.500. The van der Waals surface area contributed by atoms with Gasteiger partial charge in [-0.2, -0.15) is 8.42 Å². The Morgan fingerprint density at radius 1 is 1.09 bits per heavy atom. The second-order valence-corrected chi connectivity index (χ2v) is 9.28. The minimum absolute atomic E-state index is 0.165. The summed E-state index contributed by atoms with van der Waals surface area (Å²) >= 11 is 0. The zero-order valence-electron chi connectivity index (χ0n) is 12.4. The number of carbonyl (C=O) groups is 1. The van der Waals surface area contributed by atoms with Crippen LogP contribution in [-0.4, -0.2) is 33.7 Å². The Bertz CT molecular complexity index is 766. The monoisotopic (exact) mass is 363 g/mol. The van der Waals surface area contributed by atoms with Crippen LogP contribution in [0.2, 0.25) is 0 Å². The second-order valence-electron chi connectivity index (χ2n) is 5.53. The molecule has 0 heterocycles. The van der Waals surface area contributed by atoms with Crippen LogP contribution in [0.1, 0.15) is 32.1 Å². The van der Waals surface area contributed by atoms with Crippen LogP contribution in [0.4, 0.5) is 9.57 Å². The molecule has 1 fully saturated rings. The molecule has 9 heteroatoms. The molecule has 0 aromatic heterocycles. The van der Waals surface area contributed by atoms with E-state index < -0.39 is 30.9 Å². The Balaban J connectivity index is 1.90. The largest absolute Gasteiger partial charge is 0.332 e. The van der Waals surface area contributed by atoms with Gasteiger partial charge in [0.2, 0.25) is 5.91 Å². The molecular formula is C14H18FNO5S2. The summed E-state index contributed by atoms with van der Waals surface area (Å²) < 4.78 is 58.2. The molecule has 0 bridgehead atoms. The molecule has 128 valence electrons. The van der Waals surface area contributed by atoms with Crippen molar-refractivity contribution in [3.05, 3.63) is 24.3 Å². The van der Waals surface area contributed by atoms with Crippen LogP contribution >= 0.6 is 0 Å². The molecule has 1 aromatic rings. The lowest BCUT2D eigenvalue weighted by Gasteiger charge is -2.11. The Morgan fingerprint density at radius 2 is 1.65 bits per heavy atom. The van der Waals surface area contributed by atoms with Crippen LogP contribution in [0.15, 0.2) is 29.2 Å². The lowest BCUT2D eigenvalue weighted by atomic mass is 10.3. The highest BCUT2D eigenvalue weighted by atomic mass is 32.3. The lowest BCUT2D eigenvalue weighted by molar-refractivity contribution is -0.115. The molecule has 2 rings (SSSR count). The third kappa shape index (κ3) is 5.00. The standard InChI is InChI=1S/C14H18FNO5S2/c15-23(20,21)13-7-5-11(6-8-13)16-14(17)9-10-22(18,19)12-3-1-2-4-12/h5-8,12H,1-4,9-10H2,(H,16,17). The fourth-order valence-electron chi connectivity index (χ4n) is 2.57. The highest BCUT2D eigenvalue weighted by Gasteiger charge is 2.28. The van der Waals surface area contributed by atoms with E-state index in [0.717, 1.165) is 25.0 Å². The van der Waals surface area contributed by atoms with Crippen LogP contribution in [0.3, 0.4) is 0 Å². The third-order valence-electron chi connectivity index (χ3n) is 3.84. The number of amides is 1. The molecule has 1 N–H and O–H groups in total. The number of halogens is 1. The summed E-state index contributed by atoms with van der Waals surface area (Å²) in [4.78, 5) is 11.3. The average Bonchev–Trinajstić information content (AvgIpc) is 3.00. The maximum absolute atomic E-state index is 12.7. The summed E-state index contributed by atoms with van der Waals surface area (Å²) in [6.07, 6.45) is 2.95. The van der Waals surface area contributed by atoms with E-state index >= 15 is 0 Å². The van der Waals surface area contributed by atoms with E-state index in [9.17, 15) is 25.5 Å². The van der Waals surface area contributed by atoms with Gasteiger partial charge >= 0.3 is 10.2 Å². The molecule has 0 atom stereocenters. The van der Waals surface area contributed by atoms with Crippen molar-refractivity contribution in [2.75, 3.05) is 11.1 Å². The first-order chi connectivity index (χ1) is 10.7. The summed E-state index contributed by atoms with van der Waals surface area (Å²) in [7, 11) is -8.04.